The van der Waals surface area contributed by atoms with Gasteiger partial charge >= 0.3 is 0 Å². The fourth-order valence-electron chi connectivity index (χ4n) is 1.21. The van der Waals surface area contributed by atoms with Gasteiger partial charge in [0.2, 0.25) is 5.91 Å². The predicted octanol–water partition coefficient (Wildman–Crippen LogP) is 1.65. The molecule has 0 unspecified atom stereocenters. The molecule has 0 aromatic carbocycles. The first-order chi connectivity index (χ1) is 6.30. The Morgan fingerprint density at radius 2 is 1.46 bits per heavy atom. The number of rotatable bonds is 0. The Labute approximate surface area is 81.7 Å². The van der Waals surface area contributed by atoms with E-state index in [9.17, 15) is 4.79 Å². The number of likely N-dealkylation sites (tertiary alicyclic amines) is 1. The molecule has 0 bridgehead atoms. The molecule has 0 aromatic rings. The highest BCUT2D eigenvalue weighted by atomic mass is 16.2. The van der Waals surface area contributed by atoms with Crippen molar-refractivity contribution in [3.05, 3.63) is 0 Å². The average Bonchev–Trinajstić information content (AvgIpc) is 2.25. The van der Waals surface area contributed by atoms with E-state index in [1.165, 1.54) is 19.3 Å². The number of piperidine rings is 1. The minimum Gasteiger partial charge on any atom is -0.400 e. The number of nitrogens with zero attached hydrogens (tertiary/aromatic N) is 1. The molecule has 3 heteroatoms. The first kappa shape index (κ1) is 14.9. The molecule has 1 rings (SSSR count). The van der Waals surface area contributed by atoms with E-state index < -0.39 is 0 Å². The van der Waals surface area contributed by atoms with Crippen LogP contribution in [0.1, 0.15) is 40.0 Å². The Kier molecular flexibility index (Phi) is 13.1. The van der Waals surface area contributed by atoms with Crippen LogP contribution in [0.25, 0.3) is 0 Å². The monoisotopic (exact) mass is 189 g/mol. The molecule has 1 amide bonds. The molecule has 0 saturated carbocycles. The van der Waals surface area contributed by atoms with Crippen molar-refractivity contribution in [1.82, 2.24) is 4.90 Å². The molecule has 1 heterocycles. The number of aliphatic hydroxyl groups excluding tert-OH is 1. The van der Waals surface area contributed by atoms with E-state index in [0.717, 1.165) is 20.2 Å². The van der Waals surface area contributed by atoms with Crippen molar-refractivity contribution in [2.24, 2.45) is 0 Å². The van der Waals surface area contributed by atoms with E-state index in [1.807, 2.05) is 18.7 Å². The molecule has 13 heavy (non-hydrogen) atoms. The van der Waals surface area contributed by atoms with Gasteiger partial charge in [0.05, 0.1) is 0 Å². The van der Waals surface area contributed by atoms with Crippen molar-refractivity contribution in [2.45, 2.75) is 40.0 Å². The van der Waals surface area contributed by atoms with Crippen LogP contribution in [0.2, 0.25) is 0 Å². The molecular weight excluding hydrogens is 166 g/mol. The molecule has 1 saturated heterocycles. The van der Waals surface area contributed by atoms with E-state index in [1.54, 1.807) is 6.92 Å². The summed E-state index contributed by atoms with van der Waals surface area (Å²) in [5.74, 6) is 0.231. The predicted molar refractivity (Wildman–Crippen MR) is 55.6 cm³/mol. The highest BCUT2D eigenvalue weighted by Gasteiger charge is 2.10. The SMILES string of the molecule is CC.CC(=O)N1CCCCC1.CO. The quantitative estimate of drug-likeness (QED) is 0.629. The number of hydrogen-bond acceptors (Lipinski definition) is 2. The zero-order valence-corrected chi connectivity index (χ0v) is 9.34. The maximum Gasteiger partial charge on any atom is 0.219 e. The Morgan fingerprint density at radius 1 is 1.08 bits per heavy atom. The maximum atomic E-state index is 10.7. The molecule has 0 radical (unpaired) electrons. The standard InChI is InChI=1S/C7H13NO.C2H6.CH4O/c1-7(9)8-5-3-2-4-6-8;2*1-2/h2-6H2,1H3;1-2H3;2H,1H3. The lowest BCUT2D eigenvalue weighted by Crippen LogP contribution is -2.33. The zero-order valence-electron chi connectivity index (χ0n) is 9.34. The van der Waals surface area contributed by atoms with Crippen LogP contribution in [-0.2, 0) is 4.79 Å². The lowest BCUT2D eigenvalue weighted by atomic mass is 10.1. The lowest BCUT2D eigenvalue weighted by Gasteiger charge is -2.24. The van der Waals surface area contributed by atoms with Gasteiger partial charge in [0, 0.05) is 27.1 Å². The molecule has 0 aliphatic carbocycles. The van der Waals surface area contributed by atoms with Gasteiger partial charge < -0.3 is 10.0 Å². The third-order valence-corrected chi connectivity index (χ3v) is 1.80. The van der Waals surface area contributed by atoms with Gasteiger partial charge in [0.15, 0.2) is 0 Å². The molecule has 1 N–H and O–H groups in total. The van der Waals surface area contributed by atoms with E-state index in [0.29, 0.717) is 0 Å². The van der Waals surface area contributed by atoms with E-state index in [4.69, 9.17) is 5.11 Å². The van der Waals surface area contributed by atoms with Crippen LogP contribution in [0.4, 0.5) is 0 Å². The number of aliphatic hydroxyl groups is 1. The summed E-state index contributed by atoms with van der Waals surface area (Å²) < 4.78 is 0. The van der Waals surface area contributed by atoms with E-state index >= 15 is 0 Å². The van der Waals surface area contributed by atoms with Gasteiger partial charge in [-0.3, -0.25) is 4.79 Å². The molecule has 1 fully saturated rings. The van der Waals surface area contributed by atoms with Crippen molar-refractivity contribution in [3.63, 3.8) is 0 Å². The number of carbonyl (C=O) groups excluding carboxylic acids is 1. The topological polar surface area (TPSA) is 40.5 Å². The summed E-state index contributed by atoms with van der Waals surface area (Å²) in [5, 5.41) is 7.00. The van der Waals surface area contributed by atoms with E-state index in [2.05, 4.69) is 0 Å². The number of amides is 1. The summed E-state index contributed by atoms with van der Waals surface area (Å²) in [4.78, 5) is 12.6. The normalized spacial score (nSPS) is 14.7. The largest absolute Gasteiger partial charge is 0.400 e. The highest BCUT2D eigenvalue weighted by molar-refractivity contribution is 5.73. The zero-order chi connectivity index (χ0) is 10.7. The molecule has 80 valence electrons. The summed E-state index contributed by atoms with van der Waals surface area (Å²) in [6.07, 6.45) is 3.68. The van der Waals surface area contributed by atoms with Gasteiger partial charge in [-0.2, -0.15) is 0 Å². The fourth-order valence-corrected chi connectivity index (χ4v) is 1.21. The first-order valence-corrected chi connectivity index (χ1v) is 5.01. The van der Waals surface area contributed by atoms with Gasteiger partial charge in [0.25, 0.3) is 0 Å². The van der Waals surface area contributed by atoms with Crippen molar-refractivity contribution < 1.29 is 9.90 Å². The second kappa shape index (κ2) is 11.4. The number of carbonyl (C=O) groups is 1. The Morgan fingerprint density at radius 3 is 1.69 bits per heavy atom. The van der Waals surface area contributed by atoms with Crippen LogP contribution < -0.4 is 0 Å². The minimum absolute atomic E-state index is 0.231. The summed E-state index contributed by atoms with van der Waals surface area (Å²) in [5.41, 5.74) is 0. The van der Waals surface area contributed by atoms with Gasteiger partial charge in [-0.15, -0.1) is 0 Å². The van der Waals surface area contributed by atoms with Gasteiger partial charge in [-0.25, -0.2) is 0 Å². The summed E-state index contributed by atoms with van der Waals surface area (Å²) >= 11 is 0. The molecule has 0 aromatic heterocycles. The van der Waals surface area contributed by atoms with Crippen LogP contribution in [0.15, 0.2) is 0 Å². The maximum absolute atomic E-state index is 10.7. The average molecular weight is 189 g/mol. The van der Waals surface area contributed by atoms with Crippen molar-refractivity contribution >= 4 is 5.91 Å². The van der Waals surface area contributed by atoms with Crippen LogP contribution in [0.3, 0.4) is 0 Å². The van der Waals surface area contributed by atoms with Gasteiger partial charge in [-0.05, 0) is 19.3 Å². The van der Waals surface area contributed by atoms with Crippen LogP contribution in [-0.4, -0.2) is 36.1 Å². The molecule has 3 nitrogen and oxygen atoms in total. The Balaban J connectivity index is 0. The fraction of sp³-hybridized carbons (Fsp3) is 0.900. The van der Waals surface area contributed by atoms with Crippen molar-refractivity contribution in [1.29, 1.82) is 0 Å². The van der Waals surface area contributed by atoms with Gasteiger partial charge in [0.1, 0.15) is 0 Å². The van der Waals surface area contributed by atoms with Crippen molar-refractivity contribution in [2.75, 3.05) is 20.2 Å². The first-order valence-electron chi connectivity index (χ1n) is 5.01. The Bertz CT molecular complexity index is 109. The van der Waals surface area contributed by atoms with Gasteiger partial charge in [-0.1, -0.05) is 13.8 Å². The van der Waals surface area contributed by atoms with E-state index in [-0.39, 0.29) is 5.91 Å². The Hall–Kier alpha value is -0.570. The molecule has 0 atom stereocenters. The third kappa shape index (κ3) is 7.78. The third-order valence-electron chi connectivity index (χ3n) is 1.80. The minimum atomic E-state index is 0.231. The molecule has 1 aliphatic rings. The lowest BCUT2D eigenvalue weighted by molar-refractivity contribution is -0.129. The summed E-state index contributed by atoms with van der Waals surface area (Å²) in [6, 6.07) is 0. The molecule has 1 aliphatic heterocycles. The summed E-state index contributed by atoms with van der Waals surface area (Å²) in [7, 11) is 1.00. The smallest absolute Gasteiger partial charge is 0.219 e. The van der Waals surface area contributed by atoms with Crippen molar-refractivity contribution in [3.8, 4) is 0 Å². The highest BCUT2D eigenvalue weighted by Crippen LogP contribution is 2.07. The number of hydrogen-bond donors (Lipinski definition) is 1. The molecular formula is C10H23NO2. The second-order valence-electron chi connectivity index (χ2n) is 2.57. The summed E-state index contributed by atoms with van der Waals surface area (Å²) in [6.45, 7) is 7.61. The van der Waals surface area contributed by atoms with Crippen LogP contribution >= 0.6 is 0 Å². The van der Waals surface area contributed by atoms with Crippen LogP contribution in [0, 0.1) is 0 Å². The second-order valence-corrected chi connectivity index (χ2v) is 2.57. The van der Waals surface area contributed by atoms with Crippen LogP contribution in [0.5, 0.6) is 0 Å². The molecule has 0 spiro atoms.